The van der Waals surface area contributed by atoms with Gasteiger partial charge in [-0.2, -0.15) is 0 Å². The van der Waals surface area contributed by atoms with Crippen molar-refractivity contribution < 1.29 is 19.8 Å². The van der Waals surface area contributed by atoms with Gasteiger partial charge in [-0.25, -0.2) is 0 Å². The third-order valence-electron chi connectivity index (χ3n) is 0.986. The van der Waals surface area contributed by atoms with Crippen molar-refractivity contribution in [1.29, 1.82) is 0 Å². The molecule has 0 aromatic heterocycles. The van der Waals surface area contributed by atoms with Gasteiger partial charge in [-0.05, 0) is 13.3 Å². The van der Waals surface area contributed by atoms with Gasteiger partial charge < -0.3 is 15.9 Å². The Labute approximate surface area is 76.9 Å². The molecular formula is C8H15NO4. The van der Waals surface area contributed by atoms with Crippen molar-refractivity contribution in [3.05, 3.63) is 12.7 Å². The first-order chi connectivity index (χ1) is 5.95. The monoisotopic (exact) mass is 189 g/mol. The summed E-state index contributed by atoms with van der Waals surface area (Å²) in [6.07, 6.45) is 1.53. The van der Waals surface area contributed by atoms with E-state index in [1.165, 1.54) is 0 Å². The van der Waals surface area contributed by atoms with Crippen LogP contribution in [0.15, 0.2) is 12.7 Å². The molecule has 0 heterocycles. The summed E-state index contributed by atoms with van der Waals surface area (Å²) in [6.45, 7) is 5.25. The minimum atomic E-state index is -1.17. The zero-order valence-electron chi connectivity index (χ0n) is 7.56. The Bertz CT molecular complexity index is 179. The molecule has 5 nitrogen and oxygen atoms in total. The van der Waals surface area contributed by atoms with Gasteiger partial charge in [0, 0.05) is 6.42 Å². The number of carbonyl (C=O) groups is 2. The summed E-state index contributed by atoms with van der Waals surface area (Å²) in [5, 5.41) is 16.3. The molecule has 0 aromatic rings. The van der Waals surface area contributed by atoms with E-state index in [1.807, 2.05) is 6.92 Å². The highest BCUT2D eigenvalue weighted by Crippen LogP contribution is 1.93. The number of allylic oxidation sites excluding steroid dienone is 1. The summed E-state index contributed by atoms with van der Waals surface area (Å²) in [5.74, 6) is -2.20. The molecule has 0 aromatic carbocycles. The van der Waals surface area contributed by atoms with Crippen LogP contribution in [0.3, 0.4) is 0 Å². The van der Waals surface area contributed by atoms with Gasteiger partial charge >= 0.3 is 11.9 Å². The molecule has 0 radical (unpaired) electrons. The van der Waals surface area contributed by atoms with Crippen LogP contribution in [0.4, 0.5) is 0 Å². The maximum absolute atomic E-state index is 9.99. The van der Waals surface area contributed by atoms with Crippen molar-refractivity contribution in [2.45, 2.75) is 25.8 Å². The van der Waals surface area contributed by atoms with E-state index in [0.29, 0.717) is 0 Å². The van der Waals surface area contributed by atoms with E-state index in [-0.39, 0.29) is 12.8 Å². The molecule has 0 amide bonds. The van der Waals surface area contributed by atoms with Gasteiger partial charge in [0.1, 0.15) is 6.04 Å². The maximum Gasteiger partial charge on any atom is 0.320 e. The number of carboxylic acid groups (broad SMARTS) is 2. The first-order valence-electron chi connectivity index (χ1n) is 3.72. The van der Waals surface area contributed by atoms with E-state index in [4.69, 9.17) is 15.9 Å². The molecule has 5 heteroatoms. The molecule has 1 unspecified atom stereocenters. The van der Waals surface area contributed by atoms with Gasteiger partial charge in [-0.15, -0.1) is 6.58 Å². The molecule has 4 N–H and O–H groups in total. The van der Waals surface area contributed by atoms with Crippen molar-refractivity contribution in [2.75, 3.05) is 0 Å². The first-order valence-corrected chi connectivity index (χ1v) is 3.72. The second-order valence-electron chi connectivity index (χ2n) is 2.29. The van der Waals surface area contributed by atoms with Gasteiger partial charge in [0.05, 0.1) is 0 Å². The van der Waals surface area contributed by atoms with Crippen LogP contribution in [0, 0.1) is 0 Å². The fourth-order valence-electron chi connectivity index (χ4n) is 0.402. The van der Waals surface area contributed by atoms with Crippen LogP contribution in [-0.4, -0.2) is 28.2 Å². The first kappa shape index (κ1) is 14.2. The summed E-state index contributed by atoms with van der Waals surface area (Å²) in [5.41, 5.74) is 5.00. The molecule has 0 bridgehead atoms. The van der Waals surface area contributed by atoms with E-state index in [2.05, 4.69) is 6.58 Å². The molecule has 76 valence electrons. The number of carboxylic acids is 2. The number of hydrogen-bond donors (Lipinski definition) is 3. The second-order valence-corrected chi connectivity index (χ2v) is 2.29. The van der Waals surface area contributed by atoms with Gasteiger partial charge in [-0.1, -0.05) is 6.08 Å². The Hall–Kier alpha value is -1.36. The SMILES string of the molecule is C=CC.NC(CCC(=O)O)C(=O)O. The lowest BCUT2D eigenvalue weighted by Crippen LogP contribution is -2.30. The standard InChI is InChI=1S/C5H9NO4.C3H6/c6-3(5(9)10)1-2-4(7)8;1-3-2/h3H,1-2,6H2,(H,7,8)(H,9,10);3H,1H2,2H3. The van der Waals surface area contributed by atoms with Crippen molar-refractivity contribution in [1.82, 2.24) is 0 Å². The van der Waals surface area contributed by atoms with Crippen LogP contribution < -0.4 is 5.73 Å². The molecule has 0 spiro atoms. The molecule has 0 saturated carbocycles. The smallest absolute Gasteiger partial charge is 0.320 e. The van der Waals surface area contributed by atoms with Crippen LogP contribution in [0.1, 0.15) is 19.8 Å². The average Bonchev–Trinajstić information content (AvgIpc) is 2.01. The van der Waals surface area contributed by atoms with E-state index in [9.17, 15) is 9.59 Å². The van der Waals surface area contributed by atoms with Crippen molar-refractivity contribution >= 4 is 11.9 Å². The number of nitrogens with two attached hydrogens (primary N) is 1. The predicted molar refractivity (Wildman–Crippen MR) is 48.4 cm³/mol. The van der Waals surface area contributed by atoms with Gasteiger partial charge in [-0.3, -0.25) is 9.59 Å². The number of aliphatic carboxylic acids is 2. The van der Waals surface area contributed by atoms with Crippen LogP contribution in [-0.2, 0) is 9.59 Å². The van der Waals surface area contributed by atoms with Crippen LogP contribution >= 0.6 is 0 Å². The number of hydrogen-bond acceptors (Lipinski definition) is 3. The highest BCUT2D eigenvalue weighted by molar-refractivity contribution is 5.74. The van der Waals surface area contributed by atoms with Crippen LogP contribution in [0.25, 0.3) is 0 Å². The van der Waals surface area contributed by atoms with Crippen molar-refractivity contribution in [2.24, 2.45) is 5.73 Å². The second kappa shape index (κ2) is 8.73. The third kappa shape index (κ3) is 13.6. The normalized spacial score (nSPS) is 10.6. The zero-order chi connectivity index (χ0) is 10.9. The van der Waals surface area contributed by atoms with Crippen LogP contribution in [0.2, 0.25) is 0 Å². The Morgan fingerprint density at radius 1 is 1.54 bits per heavy atom. The van der Waals surface area contributed by atoms with Crippen molar-refractivity contribution in [3.8, 4) is 0 Å². The lowest BCUT2D eigenvalue weighted by Gasteiger charge is -2.01. The summed E-state index contributed by atoms with van der Waals surface area (Å²) >= 11 is 0. The summed E-state index contributed by atoms with van der Waals surface area (Å²) in [7, 11) is 0. The highest BCUT2D eigenvalue weighted by Gasteiger charge is 2.12. The molecule has 0 fully saturated rings. The molecule has 0 rings (SSSR count). The summed E-state index contributed by atoms with van der Waals surface area (Å²) in [6, 6.07) is -1.06. The van der Waals surface area contributed by atoms with Crippen LogP contribution in [0.5, 0.6) is 0 Å². The molecule has 0 aliphatic carbocycles. The highest BCUT2D eigenvalue weighted by atomic mass is 16.4. The van der Waals surface area contributed by atoms with Gasteiger partial charge in [0.15, 0.2) is 0 Å². The Kier molecular flexibility index (Phi) is 9.53. The average molecular weight is 189 g/mol. The Morgan fingerprint density at radius 2 is 1.92 bits per heavy atom. The summed E-state index contributed by atoms with van der Waals surface area (Å²) in [4.78, 5) is 19.9. The lowest BCUT2D eigenvalue weighted by atomic mass is 10.2. The zero-order valence-corrected chi connectivity index (χ0v) is 7.56. The van der Waals surface area contributed by atoms with Gasteiger partial charge in [0.25, 0.3) is 0 Å². The third-order valence-corrected chi connectivity index (χ3v) is 0.986. The minimum Gasteiger partial charge on any atom is -0.481 e. The van der Waals surface area contributed by atoms with E-state index in [0.717, 1.165) is 0 Å². The van der Waals surface area contributed by atoms with E-state index >= 15 is 0 Å². The van der Waals surface area contributed by atoms with Crippen molar-refractivity contribution in [3.63, 3.8) is 0 Å². The Morgan fingerprint density at radius 3 is 2.15 bits per heavy atom. The largest absolute Gasteiger partial charge is 0.481 e. The molecule has 13 heavy (non-hydrogen) atoms. The Balaban J connectivity index is 0. The number of rotatable bonds is 4. The molecule has 0 aliphatic heterocycles. The van der Waals surface area contributed by atoms with E-state index < -0.39 is 18.0 Å². The maximum atomic E-state index is 9.99. The summed E-state index contributed by atoms with van der Waals surface area (Å²) < 4.78 is 0. The quantitative estimate of drug-likeness (QED) is 0.557. The fraction of sp³-hybridized carbons (Fsp3) is 0.500. The molecular weight excluding hydrogens is 174 g/mol. The lowest BCUT2D eigenvalue weighted by molar-refractivity contribution is -0.139. The molecule has 0 aliphatic rings. The van der Waals surface area contributed by atoms with Gasteiger partial charge in [0.2, 0.25) is 0 Å². The molecule has 1 atom stereocenters. The van der Waals surface area contributed by atoms with E-state index in [1.54, 1.807) is 6.08 Å². The predicted octanol–water partition coefficient (Wildman–Crippen LogP) is 0.455. The minimum absolute atomic E-state index is 0.0231. The topological polar surface area (TPSA) is 101 Å². The fourth-order valence-corrected chi connectivity index (χ4v) is 0.402. The molecule has 0 saturated heterocycles.